The molecule has 5 nitrogen and oxygen atoms in total. The number of nitrogens with two attached hydrogens (primary N) is 2. The van der Waals surface area contributed by atoms with Crippen LogP contribution in [0.1, 0.15) is 23.7 Å². The number of carbonyl (C=O) groups excluding carboxylic acids is 2. The van der Waals surface area contributed by atoms with E-state index in [4.69, 9.17) is 23.1 Å². The van der Waals surface area contributed by atoms with Gasteiger partial charge in [0.15, 0.2) is 0 Å². The lowest BCUT2D eigenvalue weighted by atomic mass is 10.1. The first-order valence-corrected chi connectivity index (χ1v) is 5.49. The highest BCUT2D eigenvalue weighted by molar-refractivity contribution is 6.34. The summed E-state index contributed by atoms with van der Waals surface area (Å²) in [6, 6.07) is 3.91. The van der Waals surface area contributed by atoms with Crippen molar-refractivity contribution >= 4 is 29.1 Å². The maximum Gasteiger partial charge on any atom is 0.250 e. The van der Waals surface area contributed by atoms with Gasteiger partial charge in [-0.15, -0.1) is 0 Å². The molecule has 0 aliphatic rings. The Bertz CT molecular complexity index is 448. The first-order valence-electron chi connectivity index (χ1n) is 5.11. The Kier molecular flexibility index (Phi) is 4.48. The van der Waals surface area contributed by atoms with Gasteiger partial charge in [-0.25, -0.2) is 0 Å². The highest BCUT2D eigenvalue weighted by Gasteiger charge is 2.13. The standard InChI is InChI=1S/C11H14ClN3O2/c1-2-9(13)11(17)15-6-3-4-8(12)7(5-6)10(14)16/h3-5,9H,2,13H2,1H3,(H2,14,16)(H,15,17). The van der Waals surface area contributed by atoms with Crippen LogP contribution in [0.25, 0.3) is 0 Å². The van der Waals surface area contributed by atoms with Crippen molar-refractivity contribution < 1.29 is 9.59 Å². The van der Waals surface area contributed by atoms with Crippen molar-refractivity contribution in [2.45, 2.75) is 19.4 Å². The molecule has 0 aromatic heterocycles. The SMILES string of the molecule is CCC(N)C(=O)Nc1ccc(Cl)c(C(N)=O)c1. The van der Waals surface area contributed by atoms with Crippen LogP contribution in [0.3, 0.4) is 0 Å². The van der Waals surface area contributed by atoms with E-state index in [0.717, 1.165) is 0 Å². The fraction of sp³-hybridized carbons (Fsp3) is 0.273. The number of hydrogen-bond donors (Lipinski definition) is 3. The predicted molar refractivity (Wildman–Crippen MR) is 66.9 cm³/mol. The number of rotatable bonds is 4. The maximum absolute atomic E-state index is 11.5. The van der Waals surface area contributed by atoms with Crippen molar-refractivity contribution in [1.82, 2.24) is 0 Å². The molecule has 2 amide bonds. The molecular weight excluding hydrogens is 242 g/mol. The third kappa shape index (κ3) is 3.44. The van der Waals surface area contributed by atoms with Crippen LogP contribution in [0.5, 0.6) is 0 Å². The molecule has 0 fully saturated rings. The molecular formula is C11H14ClN3O2. The summed E-state index contributed by atoms with van der Waals surface area (Å²) in [6.45, 7) is 1.81. The molecule has 0 aliphatic heterocycles. The van der Waals surface area contributed by atoms with Gasteiger partial charge in [-0.2, -0.15) is 0 Å². The molecule has 1 unspecified atom stereocenters. The number of halogens is 1. The van der Waals surface area contributed by atoms with Crippen LogP contribution in [0.2, 0.25) is 5.02 Å². The Hall–Kier alpha value is -1.59. The van der Waals surface area contributed by atoms with Crippen molar-refractivity contribution in [2.75, 3.05) is 5.32 Å². The third-order valence-electron chi connectivity index (χ3n) is 2.28. The van der Waals surface area contributed by atoms with Crippen LogP contribution < -0.4 is 16.8 Å². The molecule has 17 heavy (non-hydrogen) atoms. The predicted octanol–water partition coefficient (Wildman–Crippen LogP) is 1.11. The van der Waals surface area contributed by atoms with E-state index in [-0.39, 0.29) is 16.5 Å². The Morgan fingerprint density at radius 3 is 2.65 bits per heavy atom. The first kappa shape index (κ1) is 13.5. The van der Waals surface area contributed by atoms with E-state index < -0.39 is 11.9 Å². The molecule has 0 bridgehead atoms. The minimum atomic E-state index is -0.647. The van der Waals surface area contributed by atoms with E-state index in [0.29, 0.717) is 12.1 Å². The van der Waals surface area contributed by atoms with Crippen LogP contribution in [-0.4, -0.2) is 17.9 Å². The summed E-state index contributed by atoms with van der Waals surface area (Å²) in [5.74, 6) is -0.962. The second kappa shape index (κ2) is 5.65. The number of carbonyl (C=O) groups is 2. The van der Waals surface area contributed by atoms with Gasteiger partial charge in [0.1, 0.15) is 0 Å². The van der Waals surface area contributed by atoms with Gasteiger partial charge in [0.25, 0.3) is 0 Å². The van der Waals surface area contributed by atoms with Gasteiger partial charge in [0, 0.05) is 5.69 Å². The molecule has 0 saturated carbocycles. The van der Waals surface area contributed by atoms with Crippen molar-refractivity contribution in [3.05, 3.63) is 28.8 Å². The number of amides is 2. The molecule has 0 saturated heterocycles. The molecule has 92 valence electrons. The summed E-state index contributed by atoms with van der Waals surface area (Å²) in [6.07, 6.45) is 0.530. The quantitative estimate of drug-likeness (QED) is 0.752. The molecule has 1 rings (SSSR count). The van der Waals surface area contributed by atoms with Crippen molar-refractivity contribution in [1.29, 1.82) is 0 Å². The van der Waals surface area contributed by atoms with Gasteiger partial charge < -0.3 is 16.8 Å². The second-order valence-corrected chi connectivity index (χ2v) is 3.97. The molecule has 0 aliphatic carbocycles. The van der Waals surface area contributed by atoms with E-state index >= 15 is 0 Å². The topological polar surface area (TPSA) is 98.2 Å². The van der Waals surface area contributed by atoms with E-state index in [1.807, 2.05) is 0 Å². The van der Waals surface area contributed by atoms with Gasteiger partial charge in [-0.05, 0) is 24.6 Å². The fourth-order valence-corrected chi connectivity index (χ4v) is 1.42. The Morgan fingerprint density at radius 1 is 1.47 bits per heavy atom. The Balaban J connectivity index is 2.90. The lowest BCUT2D eigenvalue weighted by Crippen LogP contribution is -2.34. The number of nitrogens with one attached hydrogen (secondary N) is 1. The third-order valence-corrected chi connectivity index (χ3v) is 2.61. The van der Waals surface area contributed by atoms with Gasteiger partial charge in [0.2, 0.25) is 11.8 Å². The number of primary amides is 1. The molecule has 5 N–H and O–H groups in total. The van der Waals surface area contributed by atoms with Crippen molar-refractivity contribution in [2.24, 2.45) is 11.5 Å². The zero-order chi connectivity index (χ0) is 13.0. The number of benzene rings is 1. The summed E-state index contributed by atoms with van der Waals surface area (Å²) >= 11 is 5.78. The number of anilines is 1. The molecule has 1 atom stereocenters. The van der Waals surface area contributed by atoms with Crippen LogP contribution in [0.4, 0.5) is 5.69 Å². The van der Waals surface area contributed by atoms with E-state index in [1.54, 1.807) is 13.0 Å². The molecule has 6 heteroatoms. The monoisotopic (exact) mass is 255 g/mol. The average Bonchev–Trinajstić information content (AvgIpc) is 2.30. The van der Waals surface area contributed by atoms with E-state index in [2.05, 4.69) is 5.32 Å². The van der Waals surface area contributed by atoms with Gasteiger partial charge in [-0.1, -0.05) is 18.5 Å². The van der Waals surface area contributed by atoms with Crippen LogP contribution in [-0.2, 0) is 4.79 Å². The summed E-state index contributed by atoms with van der Waals surface area (Å²) in [4.78, 5) is 22.6. The lowest BCUT2D eigenvalue weighted by Gasteiger charge is -2.11. The molecule has 1 aromatic carbocycles. The minimum Gasteiger partial charge on any atom is -0.366 e. The zero-order valence-electron chi connectivity index (χ0n) is 9.37. The van der Waals surface area contributed by atoms with Gasteiger partial charge >= 0.3 is 0 Å². The molecule has 1 aromatic rings. The first-order chi connectivity index (χ1) is 7.95. The highest BCUT2D eigenvalue weighted by Crippen LogP contribution is 2.20. The Labute approximate surface area is 104 Å². The summed E-state index contributed by atoms with van der Waals surface area (Å²) < 4.78 is 0. The molecule has 0 radical (unpaired) electrons. The van der Waals surface area contributed by atoms with Gasteiger partial charge in [0.05, 0.1) is 16.6 Å². The largest absolute Gasteiger partial charge is 0.366 e. The van der Waals surface area contributed by atoms with Crippen LogP contribution >= 0.6 is 11.6 Å². The van der Waals surface area contributed by atoms with Crippen LogP contribution in [0, 0.1) is 0 Å². The lowest BCUT2D eigenvalue weighted by molar-refractivity contribution is -0.117. The van der Waals surface area contributed by atoms with Gasteiger partial charge in [-0.3, -0.25) is 9.59 Å². The average molecular weight is 256 g/mol. The minimum absolute atomic E-state index is 0.162. The van der Waals surface area contributed by atoms with E-state index in [9.17, 15) is 9.59 Å². The number of hydrogen-bond acceptors (Lipinski definition) is 3. The zero-order valence-corrected chi connectivity index (χ0v) is 10.1. The molecule has 0 heterocycles. The smallest absolute Gasteiger partial charge is 0.250 e. The Morgan fingerprint density at radius 2 is 2.12 bits per heavy atom. The molecule has 0 spiro atoms. The maximum atomic E-state index is 11.5. The fourth-order valence-electron chi connectivity index (χ4n) is 1.21. The highest BCUT2D eigenvalue weighted by atomic mass is 35.5. The summed E-state index contributed by atoms with van der Waals surface area (Å²) in [5, 5.41) is 2.83. The van der Waals surface area contributed by atoms with Crippen LogP contribution in [0.15, 0.2) is 18.2 Å². The second-order valence-electron chi connectivity index (χ2n) is 3.56. The summed E-state index contributed by atoms with van der Waals surface area (Å²) in [5.41, 5.74) is 11.3. The summed E-state index contributed by atoms with van der Waals surface area (Å²) in [7, 11) is 0. The van der Waals surface area contributed by atoms with E-state index in [1.165, 1.54) is 12.1 Å². The van der Waals surface area contributed by atoms with Crippen molar-refractivity contribution in [3.63, 3.8) is 0 Å². The van der Waals surface area contributed by atoms with Crippen molar-refractivity contribution in [3.8, 4) is 0 Å². The normalized spacial score (nSPS) is 11.9.